The second-order valence-electron chi connectivity index (χ2n) is 7.56. The zero-order chi connectivity index (χ0) is 20.4. The van der Waals surface area contributed by atoms with Gasteiger partial charge < -0.3 is 9.15 Å². The molecule has 1 aromatic heterocycles. The minimum Gasteiger partial charge on any atom is -0.464 e. The first-order valence-corrected chi connectivity index (χ1v) is 12.0. The lowest BCUT2D eigenvalue weighted by Gasteiger charge is -2.28. The van der Waals surface area contributed by atoms with E-state index in [1.165, 1.54) is 26.8 Å². The summed E-state index contributed by atoms with van der Waals surface area (Å²) in [6.07, 6.45) is 4.09. The van der Waals surface area contributed by atoms with Crippen molar-refractivity contribution in [1.29, 1.82) is 0 Å². The Balaban J connectivity index is 1.80. The van der Waals surface area contributed by atoms with E-state index in [0.29, 0.717) is 13.2 Å². The van der Waals surface area contributed by atoms with E-state index in [-0.39, 0.29) is 0 Å². The van der Waals surface area contributed by atoms with Gasteiger partial charge in [0, 0.05) is 17.2 Å². The molecule has 4 aromatic rings. The summed E-state index contributed by atoms with van der Waals surface area (Å²) >= 11 is 0. The normalized spacial score (nSPS) is 14.0. The molecule has 0 amide bonds. The van der Waals surface area contributed by atoms with E-state index in [4.69, 9.17) is 9.15 Å². The maximum absolute atomic E-state index is 5.97. The highest BCUT2D eigenvalue weighted by atomic mass is 31.2. The summed E-state index contributed by atoms with van der Waals surface area (Å²) in [5.41, 5.74) is 2.35. The number of hydrogen-bond donors (Lipinski definition) is 0. The first-order valence-electron chi connectivity index (χ1n) is 10.2. The lowest BCUT2D eigenvalue weighted by atomic mass is 10.2. The van der Waals surface area contributed by atoms with Gasteiger partial charge in [-0.1, -0.05) is 54.6 Å². The molecule has 2 nitrogen and oxygen atoms in total. The minimum atomic E-state index is -2.05. The fourth-order valence-electron chi connectivity index (χ4n) is 4.40. The highest BCUT2D eigenvalue weighted by Crippen LogP contribution is 2.62. The zero-order valence-electron chi connectivity index (χ0n) is 17.0. The molecule has 0 aliphatic carbocycles. The highest BCUT2D eigenvalue weighted by molar-refractivity contribution is 7.99. The third-order valence-corrected chi connectivity index (χ3v) is 10.2. The van der Waals surface area contributed by atoms with Gasteiger partial charge in [-0.3, -0.25) is 0 Å². The van der Waals surface area contributed by atoms with Gasteiger partial charge in [0.05, 0.1) is 24.8 Å². The van der Waals surface area contributed by atoms with Crippen molar-refractivity contribution in [3.05, 3.63) is 119 Å². The van der Waals surface area contributed by atoms with Crippen molar-refractivity contribution in [2.24, 2.45) is 0 Å². The van der Waals surface area contributed by atoms with E-state index >= 15 is 0 Å². The van der Waals surface area contributed by atoms with Crippen LogP contribution in [-0.2, 0) is 18.0 Å². The summed E-state index contributed by atoms with van der Waals surface area (Å²) in [6, 6.07) is 32.7. The lowest BCUT2D eigenvalue weighted by molar-refractivity contribution is 0.131. The van der Waals surface area contributed by atoms with Gasteiger partial charge >= 0.3 is 0 Å². The lowest BCUT2D eigenvalue weighted by Crippen LogP contribution is -2.31. The first kappa shape index (κ1) is 19.1. The molecule has 1 aliphatic rings. The molecule has 2 heterocycles. The molecule has 5 rings (SSSR count). The van der Waals surface area contributed by atoms with Gasteiger partial charge in [-0.25, -0.2) is 0 Å². The van der Waals surface area contributed by atoms with Crippen molar-refractivity contribution >= 4 is 29.3 Å². The second kappa shape index (κ2) is 8.07. The molecule has 0 bridgehead atoms. The molecule has 0 spiro atoms. The molecular formula is C27H24O2P+. The molecule has 1 aliphatic heterocycles. The monoisotopic (exact) mass is 411 g/mol. The summed E-state index contributed by atoms with van der Waals surface area (Å²) in [5, 5.41) is 5.34. The van der Waals surface area contributed by atoms with Crippen LogP contribution in [-0.4, -0.2) is 0 Å². The van der Waals surface area contributed by atoms with Crippen LogP contribution in [0, 0.1) is 0 Å². The standard InChI is InChI=1S/C27H24O2P/c1-21(17-27-26-20-28-18-22(26)19-29-27)30(23-11-5-2-6-12-23,24-13-7-3-8-14-24)25-15-9-4-10-16-25/h2-17,19H,18,20H2,1H3/q+1/b21-17+. The number of ether oxygens (including phenoxy) is 1. The third kappa shape index (κ3) is 3.13. The van der Waals surface area contributed by atoms with Crippen molar-refractivity contribution in [2.45, 2.75) is 20.1 Å². The van der Waals surface area contributed by atoms with Crippen molar-refractivity contribution in [3.8, 4) is 0 Å². The number of rotatable bonds is 5. The smallest absolute Gasteiger partial charge is 0.139 e. The summed E-state index contributed by atoms with van der Waals surface area (Å²) in [7, 11) is -2.05. The topological polar surface area (TPSA) is 22.4 Å². The van der Waals surface area contributed by atoms with Gasteiger partial charge in [-0.15, -0.1) is 0 Å². The van der Waals surface area contributed by atoms with Crippen molar-refractivity contribution < 1.29 is 9.15 Å². The van der Waals surface area contributed by atoms with Crippen LogP contribution in [0.1, 0.15) is 23.8 Å². The van der Waals surface area contributed by atoms with E-state index in [2.05, 4.69) is 104 Å². The molecule has 0 radical (unpaired) electrons. The Labute approximate surface area is 178 Å². The summed E-state index contributed by atoms with van der Waals surface area (Å²) in [4.78, 5) is 0. The van der Waals surface area contributed by atoms with Crippen LogP contribution >= 0.6 is 7.26 Å². The predicted octanol–water partition coefficient (Wildman–Crippen LogP) is 5.66. The Morgan fingerprint density at radius 3 is 1.73 bits per heavy atom. The molecule has 0 saturated carbocycles. The zero-order valence-corrected chi connectivity index (χ0v) is 17.9. The van der Waals surface area contributed by atoms with Gasteiger partial charge in [0.2, 0.25) is 0 Å². The van der Waals surface area contributed by atoms with Crippen molar-refractivity contribution in [2.75, 3.05) is 0 Å². The number of hydrogen-bond acceptors (Lipinski definition) is 2. The molecule has 3 heteroatoms. The molecule has 0 unspecified atom stereocenters. The summed E-state index contributed by atoms with van der Waals surface area (Å²) < 4.78 is 11.6. The minimum absolute atomic E-state index is 0.623. The van der Waals surface area contributed by atoms with Crippen LogP contribution in [0.3, 0.4) is 0 Å². The Hall–Kier alpha value is -2.93. The van der Waals surface area contributed by atoms with Crippen LogP contribution in [0.5, 0.6) is 0 Å². The Morgan fingerprint density at radius 1 is 0.733 bits per heavy atom. The van der Waals surface area contributed by atoms with Gasteiger partial charge in [-0.2, -0.15) is 0 Å². The quantitative estimate of drug-likeness (QED) is 0.395. The number of allylic oxidation sites excluding steroid dienone is 1. The number of fused-ring (bicyclic) bond motifs is 1. The van der Waals surface area contributed by atoms with Gasteiger partial charge in [0.15, 0.2) is 0 Å². The molecule has 3 aromatic carbocycles. The molecule has 0 fully saturated rings. The number of furan rings is 1. The van der Waals surface area contributed by atoms with Crippen LogP contribution in [0.15, 0.2) is 107 Å². The van der Waals surface area contributed by atoms with Crippen LogP contribution in [0.2, 0.25) is 0 Å². The predicted molar refractivity (Wildman–Crippen MR) is 126 cm³/mol. The van der Waals surface area contributed by atoms with E-state index in [9.17, 15) is 0 Å². The number of benzene rings is 3. The largest absolute Gasteiger partial charge is 0.464 e. The third-order valence-electron chi connectivity index (χ3n) is 5.82. The molecular weight excluding hydrogens is 387 g/mol. The van der Waals surface area contributed by atoms with Gasteiger partial charge in [0.25, 0.3) is 0 Å². The van der Waals surface area contributed by atoms with Gasteiger partial charge in [0.1, 0.15) is 28.9 Å². The second-order valence-corrected chi connectivity index (χ2v) is 11.2. The molecule has 0 atom stereocenters. The van der Waals surface area contributed by atoms with E-state index in [1.807, 2.05) is 6.26 Å². The van der Waals surface area contributed by atoms with Gasteiger partial charge in [-0.05, 0) is 43.3 Å². The Kier molecular flexibility index (Phi) is 5.12. The first-order chi connectivity index (χ1) is 14.8. The van der Waals surface area contributed by atoms with Crippen LogP contribution < -0.4 is 15.9 Å². The average molecular weight is 411 g/mol. The average Bonchev–Trinajstić information content (AvgIpc) is 3.42. The summed E-state index contributed by atoms with van der Waals surface area (Å²) in [6.45, 7) is 3.52. The molecule has 0 saturated heterocycles. The van der Waals surface area contributed by atoms with Crippen molar-refractivity contribution in [3.63, 3.8) is 0 Å². The maximum atomic E-state index is 5.97. The van der Waals surface area contributed by atoms with E-state index in [1.54, 1.807) is 0 Å². The molecule has 148 valence electrons. The van der Waals surface area contributed by atoms with Crippen molar-refractivity contribution in [1.82, 2.24) is 0 Å². The highest BCUT2D eigenvalue weighted by Gasteiger charge is 2.47. The fraction of sp³-hybridized carbons (Fsp3) is 0.111. The molecule has 0 N–H and O–H groups in total. The Morgan fingerprint density at radius 2 is 1.23 bits per heavy atom. The molecule has 30 heavy (non-hydrogen) atoms. The van der Waals surface area contributed by atoms with Crippen LogP contribution in [0.4, 0.5) is 0 Å². The maximum Gasteiger partial charge on any atom is 0.139 e. The summed E-state index contributed by atoms with van der Waals surface area (Å²) in [5.74, 6) is 0.923. The van der Waals surface area contributed by atoms with E-state index < -0.39 is 7.26 Å². The van der Waals surface area contributed by atoms with Crippen LogP contribution in [0.25, 0.3) is 6.08 Å². The fourth-order valence-corrected chi connectivity index (χ4v) is 8.69. The Bertz CT molecular complexity index is 1060. The SMILES string of the molecule is C/C(=C\c1occ2c1COC2)[P+](c1ccccc1)(c1ccccc1)c1ccccc1. The van der Waals surface area contributed by atoms with E-state index in [0.717, 1.165) is 11.3 Å².